The molecule has 120 valence electrons. The third-order valence-corrected chi connectivity index (χ3v) is 4.58. The first-order chi connectivity index (χ1) is 8.54. The lowest BCUT2D eigenvalue weighted by molar-refractivity contribution is -0.255. The van der Waals surface area contributed by atoms with E-state index in [4.69, 9.17) is 13.3 Å². The predicted octanol–water partition coefficient (Wildman–Crippen LogP) is 4.09. The van der Waals surface area contributed by atoms with Crippen molar-refractivity contribution in [1.29, 1.82) is 0 Å². The largest absolute Gasteiger partial charge is 0.550 e. The molecule has 0 fully saturated rings. The maximum absolute atomic E-state index is 10.8. The summed E-state index contributed by atoms with van der Waals surface area (Å²) in [7, 11) is -5.63. The Morgan fingerprint density at radius 1 is 0.800 bits per heavy atom. The first-order valence-electron chi connectivity index (χ1n) is 7.02. The molecule has 0 aromatic heterocycles. The maximum atomic E-state index is 10.8. The van der Waals surface area contributed by atoms with Gasteiger partial charge in [-0.2, -0.15) is 0 Å². The smallest absolute Gasteiger partial charge is 0.289 e. The molecule has 0 unspecified atom stereocenters. The van der Waals surface area contributed by atoms with E-state index >= 15 is 0 Å². The quantitative estimate of drug-likeness (QED) is 0.432. The lowest BCUT2D eigenvalue weighted by Crippen LogP contribution is -2.51. The molecule has 0 radical (unpaired) electrons. The van der Waals surface area contributed by atoms with E-state index in [-0.39, 0.29) is 0 Å². The van der Waals surface area contributed by atoms with Gasteiger partial charge in [-0.15, -0.1) is 0 Å². The third kappa shape index (κ3) is 9.09. The van der Waals surface area contributed by atoms with Crippen molar-refractivity contribution in [3.8, 4) is 0 Å². The van der Waals surface area contributed by atoms with Gasteiger partial charge in [-0.3, -0.25) is 0 Å². The SMILES string of the molecule is C/C(=C\O[Si](C)(C)C)C(O)(O[Si](C)(C)C)O[Si](C)(C)C. The first-order valence-corrected chi connectivity index (χ1v) is 17.2. The molecule has 0 heterocycles. The van der Waals surface area contributed by atoms with Crippen LogP contribution in [0.25, 0.3) is 0 Å². The van der Waals surface area contributed by atoms with E-state index in [0.717, 1.165) is 0 Å². The molecule has 0 aromatic rings. The Bertz CT molecular complexity index is 332. The van der Waals surface area contributed by atoms with Gasteiger partial charge >= 0.3 is 0 Å². The summed E-state index contributed by atoms with van der Waals surface area (Å²) in [5.41, 5.74) is 0.574. The summed E-state index contributed by atoms with van der Waals surface area (Å²) in [4.78, 5) is 0. The fourth-order valence-corrected chi connectivity index (χ4v) is 4.03. The number of hydrogen-bond donors (Lipinski definition) is 1. The molecule has 0 saturated heterocycles. The van der Waals surface area contributed by atoms with Crippen molar-refractivity contribution in [1.82, 2.24) is 0 Å². The minimum absolute atomic E-state index is 0.574. The van der Waals surface area contributed by atoms with Crippen molar-refractivity contribution in [3.05, 3.63) is 11.8 Å². The second kappa shape index (κ2) is 6.45. The van der Waals surface area contributed by atoms with Gasteiger partial charge in [-0.1, -0.05) is 0 Å². The Labute approximate surface area is 127 Å². The van der Waals surface area contributed by atoms with Gasteiger partial charge in [0.15, 0.2) is 16.6 Å². The molecule has 0 saturated carbocycles. The summed E-state index contributed by atoms with van der Waals surface area (Å²) in [5, 5.41) is 10.8. The number of hydrogen-bond acceptors (Lipinski definition) is 4. The highest BCUT2D eigenvalue weighted by Gasteiger charge is 2.41. The Balaban J connectivity index is 5.31. The van der Waals surface area contributed by atoms with Crippen LogP contribution in [0.2, 0.25) is 58.9 Å². The Morgan fingerprint density at radius 3 is 1.40 bits per heavy atom. The maximum Gasteiger partial charge on any atom is 0.289 e. The Hall–Kier alpha value is 0.0706. The first kappa shape index (κ1) is 20.1. The van der Waals surface area contributed by atoms with Crippen LogP contribution in [-0.2, 0) is 13.3 Å². The van der Waals surface area contributed by atoms with Crippen LogP contribution in [0.3, 0.4) is 0 Å². The Morgan fingerprint density at radius 2 is 1.15 bits per heavy atom. The van der Waals surface area contributed by atoms with Crippen molar-refractivity contribution in [2.75, 3.05) is 0 Å². The van der Waals surface area contributed by atoms with Crippen LogP contribution in [0.4, 0.5) is 0 Å². The monoisotopic (exact) mass is 336 g/mol. The van der Waals surface area contributed by atoms with Crippen LogP contribution in [0.15, 0.2) is 11.8 Å². The molecule has 0 amide bonds. The van der Waals surface area contributed by atoms with Gasteiger partial charge in [0.1, 0.15) is 0 Å². The molecule has 0 rings (SSSR count). The number of rotatable bonds is 7. The van der Waals surface area contributed by atoms with Crippen molar-refractivity contribution < 1.29 is 18.4 Å². The molecular formula is C13H32O4Si3. The van der Waals surface area contributed by atoms with E-state index in [1.165, 1.54) is 0 Å². The predicted molar refractivity (Wildman–Crippen MR) is 92.0 cm³/mol. The van der Waals surface area contributed by atoms with E-state index in [2.05, 4.69) is 19.6 Å². The lowest BCUT2D eigenvalue weighted by atomic mass is 10.3. The summed E-state index contributed by atoms with van der Waals surface area (Å²) in [6, 6.07) is 0. The molecule has 0 aliphatic carbocycles. The lowest BCUT2D eigenvalue weighted by Gasteiger charge is -2.39. The van der Waals surface area contributed by atoms with E-state index in [0.29, 0.717) is 5.57 Å². The van der Waals surface area contributed by atoms with E-state index in [1.54, 1.807) is 13.2 Å². The van der Waals surface area contributed by atoms with Crippen LogP contribution in [-0.4, -0.2) is 36.0 Å². The zero-order chi connectivity index (χ0) is 16.4. The van der Waals surface area contributed by atoms with Crippen LogP contribution in [0.1, 0.15) is 6.92 Å². The fourth-order valence-electron chi connectivity index (χ4n) is 1.35. The molecule has 1 N–H and O–H groups in total. The Kier molecular flexibility index (Phi) is 6.47. The standard InChI is InChI=1S/C13H32O4Si3/c1-12(11-15-18(2,3)4)13(14,16-19(5,6)7)17-20(8,9)10/h11,14H,1-10H3/b12-11+. The molecular weight excluding hydrogens is 304 g/mol. The molecule has 4 nitrogen and oxygen atoms in total. The molecule has 0 spiro atoms. The van der Waals surface area contributed by atoms with Crippen LogP contribution >= 0.6 is 0 Å². The molecule has 0 atom stereocenters. The molecule has 0 aliphatic heterocycles. The van der Waals surface area contributed by atoms with Crippen LogP contribution in [0, 0.1) is 0 Å². The summed E-state index contributed by atoms with van der Waals surface area (Å²) in [6.45, 7) is 20.2. The van der Waals surface area contributed by atoms with Gasteiger partial charge in [0.25, 0.3) is 5.97 Å². The zero-order valence-electron chi connectivity index (χ0n) is 14.7. The average molecular weight is 337 g/mol. The molecule has 20 heavy (non-hydrogen) atoms. The minimum Gasteiger partial charge on any atom is -0.550 e. The van der Waals surface area contributed by atoms with Crippen molar-refractivity contribution >= 4 is 25.0 Å². The van der Waals surface area contributed by atoms with Crippen molar-refractivity contribution in [2.45, 2.75) is 71.8 Å². The summed E-state index contributed by atoms with van der Waals surface area (Å²) in [5.74, 6) is -1.67. The van der Waals surface area contributed by atoms with Gasteiger partial charge in [-0.25, -0.2) is 0 Å². The normalized spacial score (nSPS) is 15.4. The third-order valence-electron chi connectivity index (χ3n) is 1.98. The van der Waals surface area contributed by atoms with Gasteiger partial charge in [0, 0.05) is 5.57 Å². The topological polar surface area (TPSA) is 47.9 Å². The van der Waals surface area contributed by atoms with Crippen LogP contribution in [0.5, 0.6) is 0 Å². The average Bonchev–Trinajstić information content (AvgIpc) is 2.05. The second-order valence-corrected chi connectivity index (χ2v) is 21.4. The molecule has 0 bridgehead atoms. The minimum atomic E-state index is -1.97. The second-order valence-electron chi connectivity index (χ2n) is 8.04. The summed E-state index contributed by atoms with van der Waals surface area (Å²) < 4.78 is 17.6. The van der Waals surface area contributed by atoms with Gasteiger partial charge in [0.05, 0.1) is 6.26 Å². The summed E-state index contributed by atoms with van der Waals surface area (Å²) in [6.07, 6.45) is 1.60. The van der Waals surface area contributed by atoms with Crippen molar-refractivity contribution in [2.24, 2.45) is 0 Å². The van der Waals surface area contributed by atoms with Crippen LogP contribution < -0.4 is 0 Å². The molecule has 7 heteroatoms. The van der Waals surface area contributed by atoms with Gasteiger partial charge in [0.2, 0.25) is 8.32 Å². The van der Waals surface area contributed by atoms with Crippen molar-refractivity contribution in [3.63, 3.8) is 0 Å². The molecule has 0 aliphatic rings. The zero-order valence-corrected chi connectivity index (χ0v) is 17.7. The molecule has 0 aromatic carbocycles. The van der Waals surface area contributed by atoms with Gasteiger partial charge < -0.3 is 18.4 Å². The number of aliphatic hydroxyl groups is 1. The summed E-state index contributed by atoms with van der Waals surface area (Å²) >= 11 is 0. The highest BCUT2D eigenvalue weighted by atomic mass is 28.4. The van der Waals surface area contributed by atoms with E-state index in [9.17, 15) is 5.11 Å². The van der Waals surface area contributed by atoms with E-state index < -0.39 is 30.9 Å². The highest BCUT2D eigenvalue weighted by Crippen LogP contribution is 2.29. The van der Waals surface area contributed by atoms with Gasteiger partial charge in [-0.05, 0) is 65.8 Å². The fraction of sp³-hybridized carbons (Fsp3) is 0.846. The van der Waals surface area contributed by atoms with E-state index in [1.807, 2.05) is 39.3 Å². The highest BCUT2D eigenvalue weighted by molar-refractivity contribution is 6.71.